The third-order valence-electron chi connectivity index (χ3n) is 8.12. The number of Topliss-reactive ketones (excluding diaryl/α,β-unsaturated/α-hetero) is 1. The lowest BCUT2D eigenvalue weighted by molar-refractivity contribution is -0.184. The number of carbonyl (C=O) groups is 3. The molecule has 0 N–H and O–H groups in total. The Morgan fingerprint density at radius 3 is 2.45 bits per heavy atom. The van der Waals surface area contributed by atoms with E-state index < -0.39 is 11.3 Å². The first-order chi connectivity index (χ1) is 13.5. The van der Waals surface area contributed by atoms with E-state index in [-0.39, 0.29) is 29.2 Å². The van der Waals surface area contributed by atoms with Crippen molar-refractivity contribution in [1.82, 2.24) is 0 Å². The quantitative estimate of drug-likeness (QED) is 0.322. The van der Waals surface area contributed by atoms with Crippen LogP contribution in [-0.2, 0) is 19.1 Å². The van der Waals surface area contributed by atoms with E-state index in [1.165, 1.54) is 19.4 Å². The lowest BCUT2D eigenvalue weighted by Crippen LogP contribution is -2.60. The molecule has 162 valence electrons. The van der Waals surface area contributed by atoms with Gasteiger partial charge in [0.25, 0.3) is 0 Å². The van der Waals surface area contributed by atoms with Crippen LogP contribution < -0.4 is 0 Å². The van der Waals surface area contributed by atoms with Crippen LogP contribution in [0.1, 0.15) is 80.6 Å². The van der Waals surface area contributed by atoms with Crippen LogP contribution in [0.3, 0.4) is 0 Å². The van der Waals surface area contributed by atoms with Crippen LogP contribution in [0, 0.1) is 28.6 Å². The summed E-state index contributed by atoms with van der Waals surface area (Å²) in [5.74, 6) is -0.340. The van der Waals surface area contributed by atoms with Crippen molar-refractivity contribution < 1.29 is 19.1 Å². The minimum Gasteiger partial charge on any atom is -0.462 e. The largest absolute Gasteiger partial charge is 0.462 e. The molecule has 2 aliphatic rings. The number of esters is 1. The van der Waals surface area contributed by atoms with Crippen LogP contribution >= 0.6 is 0 Å². The molecule has 0 saturated heterocycles. The summed E-state index contributed by atoms with van der Waals surface area (Å²) in [6.45, 7) is 14.0. The Hall–Kier alpha value is -1.71. The third kappa shape index (κ3) is 4.27. The highest BCUT2D eigenvalue weighted by molar-refractivity contribution is 5.97. The van der Waals surface area contributed by atoms with E-state index in [9.17, 15) is 14.4 Å². The maximum absolute atomic E-state index is 12.3. The molecule has 0 aromatic carbocycles. The van der Waals surface area contributed by atoms with Gasteiger partial charge in [-0.3, -0.25) is 9.59 Å². The van der Waals surface area contributed by atoms with Gasteiger partial charge in [-0.05, 0) is 63.2 Å². The van der Waals surface area contributed by atoms with Crippen LogP contribution in [0.2, 0.25) is 0 Å². The van der Waals surface area contributed by atoms with Crippen molar-refractivity contribution in [2.75, 3.05) is 0 Å². The van der Waals surface area contributed by atoms with Gasteiger partial charge in [-0.25, -0.2) is 0 Å². The molecule has 0 bridgehead atoms. The van der Waals surface area contributed by atoms with Gasteiger partial charge in [0.1, 0.15) is 12.4 Å². The average Bonchev–Trinajstić information content (AvgIpc) is 2.66. The Labute approximate surface area is 176 Å². The zero-order valence-corrected chi connectivity index (χ0v) is 19.2. The van der Waals surface area contributed by atoms with Crippen molar-refractivity contribution in [3.05, 3.63) is 23.3 Å². The Bertz CT molecular complexity index is 718. The van der Waals surface area contributed by atoms with Gasteiger partial charge in [0, 0.05) is 17.9 Å². The molecule has 0 aromatic rings. The second-order valence-electron chi connectivity index (χ2n) is 9.67. The summed E-state index contributed by atoms with van der Waals surface area (Å²) in [4.78, 5) is 36.4. The summed E-state index contributed by atoms with van der Waals surface area (Å²) in [6.07, 6.45) is 9.33. The van der Waals surface area contributed by atoms with Gasteiger partial charge in [0.05, 0.1) is 5.92 Å². The van der Waals surface area contributed by atoms with Crippen molar-refractivity contribution in [2.45, 2.75) is 86.7 Å². The van der Waals surface area contributed by atoms with Gasteiger partial charge in [-0.15, -0.1) is 0 Å². The van der Waals surface area contributed by atoms with Gasteiger partial charge in [-0.2, -0.15) is 0 Å². The molecule has 2 aliphatic carbocycles. The fraction of sp³-hybridized carbons (Fsp3) is 0.720. The average molecular weight is 403 g/mol. The van der Waals surface area contributed by atoms with E-state index in [0.29, 0.717) is 11.5 Å². The smallest absolute Gasteiger partial charge is 0.302 e. The van der Waals surface area contributed by atoms with Crippen LogP contribution in [0.4, 0.5) is 0 Å². The Morgan fingerprint density at radius 1 is 1.28 bits per heavy atom. The van der Waals surface area contributed by atoms with Crippen LogP contribution in [0.25, 0.3) is 0 Å². The van der Waals surface area contributed by atoms with E-state index >= 15 is 0 Å². The number of aldehydes is 1. The number of carbonyl (C=O) groups excluding carboxylic acids is 3. The van der Waals surface area contributed by atoms with Gasteiger partial charge in [-0.1, -0.05) is 45.4 Å². The second kappa shape index (κ2) is 8.97. The van der Waals surface area contributed by atoms with E-state index in [2.05, 4.69) is 40.7 Å². The lowest BCUT2D eigenvalue weighted by atomic mass is 9.44. The summed E-state index contributed by atoms with van der Waals surface area (Å²) in [7, 11) is 0. The number of fused-ring (bicyclic) bond motifs is 1. The molecule has 2 rings (SSSR count). The maximum Gasteiger partial charge on any atom is 0.302 e. The van der Waals surface area contributed by atoms with Crippen LogP contribution in [-0.4, -0.2) is 24.1 Å². The first-order valence-corrected chi connectivity index (χ1v) is 11.0. The van der Waals surface area contributed by atoms with Gasteiger partial charge >= 0.3 is 5.97 Å². The molecule has 4 nitrogen and oxygen atoms in total. The van der Waals surface area contributed by atoms with E-state index in [1.807, 2.05) is 6.08 Å². The Kier molecular flexibility index (Phi) is 7.29. The van der Waals surface area contributed by atoms with Crippen molar-refractivity contribution in [1.29, 1.82) is 0 Å². The summed E-state index contributed by atoms with van der Waals surface area (Å²) < 4.78 is 5.76. The molecule has 0 heterocycles. The third-order valence-corrected chi connectivity index (χ3v) is 8.12. The number of hydrogen-bond donors (Lipinski definition) is 0. The fourth-order valence-electron chi connectivity index (χ4n) is 5.86. The number of allylic oxidation sites excluding steroid dienone is 4. The van der Waals surface area contributed by atoms with Gasteiger partial charge in [0.15, 0.2) is 5.78 Å². The minimum atomic E-state index is -0.575. The van der Waals surface area contributed by atoms with E-state index in [0.717, 1.165) is 38.4 Å². The fourth-order valence-corrected chi connectivity index (χ4v) is 5.86. The van der Waals surface area contributed by atoms with Crippen molar-refractivity contribution in [3.8, 4) is 0 Å². The molecule has 0 aliphatic heterocycles. The number of hydrogen-bond acceptors (Lipinski definition) is 4. The number of rotatable bonds is 7. The Balaban J connectivity index is 2.52. The zero-order valence-electron chi connectivity index (χ0n) is 19.2. The Morgan fingerprint density at radius 2 is 1.93 bits per heavy atom. The van der Waals surface area contributed by atoms with Crippen LogP contribution in [0.5, 0.6) is 0 Å². The molecule has 4 heteroatoms. The molecule has 6 atom stereocenters. The summed E-state index contributed by atoms with van der Waals surface area (Å²) in [5, 5.41) is 0. The maximum atomic E-state index is 12.3. The normalized spacial score (nSPS) is 35.9. The van der Waals surface area contributed by atoms with Gasteiger partial charge < -0.3 is 9.53 Å². The van der Waals surface area contributed by atoms with Crippen molar-refractivity contribution >= 4 is 18.0 Å². The predicted molar refractivity (Wildman–Crippen MR) is 115 cm³/mol. The predicted octanol–water partition coefficient (Wildman–Crippen LogP) is 5.46. The molecule has 0 aromatic heterocycles. The highest BCUT2D eigenvalue weighted by atomic mass is 16.5. The number of ether oxygens (including phenoxy) is 1. The molecular weight excluding hydrogens is 364 g/mol. The zero-order chi connectivity index (χ0) is 22.0. The molecule has 1 fully saturated rings. The van der Waals surface area contributed by atoms with E-state index in [1.54, 1.807) is 0 Å². The van der Waals surface area contributed by atoms with Gasteiger partial charge in [0.2, 0.25) is 0 Å². The van der Waals surface area contributed by atoms with Crippen molar-refractivity contribution in [3.63, 3.8) is 0 Å². The summed E-state index contributed by atoms with van der Waals surface area (Å²) in [5.41, 5.74) is 1.39. The SMILES string of the molecule is CC/C(C)=C/C[C@@H](C)[C@@]1(C)CC[C@H](OC(C)=O)[C@@]2(C)[C@H](C=O)C(C(C)=O)=CC[C@H]12. The molecular formula is C25H38O4. The van der Waals surface area contributed by atoms with Crippen molar-refractivity contribution in [2.24, 2.45) is 28.6 Å². The summed E-state index contributed by atoms with van der Waals surface area (Å²) >= 11 is 0. The van der Waals surface area contributed by atoms with Crippen LogP contribution in [0.15, 0.2) is 23.3 Å². The minimum absolute atomic E-state index is 0.00397. The van der Waals surface area contributed by atoms with E-state index in [4.69, 9.17) is 4.74 Å². The lowest BCUT2D eigenvalue weighted by Gasteiger charge is -2.60. The first kappa shape index (κ1) is 23.6. The first-order valence-electron chi connectivity index (χ1n) is 11.0. The molecule has 0 unspecified atom stereocenters. The molecule has 1 saturated carbocycles. The second-order valence-corrected chi connectivity index (χ2v) is 9.67. The number of ketones is 1. The topological polar surface area (TPSA) is 60.4 Å². The highest BCUT2D eigenvalue weighted by Gasteiger charge is 2.61. The standard InChI is InChI=1S/C25H38O4/c1-8-16(2)9-10-17(3)24(6)14-13-23(29-19(5)28)25(7)21(15-26)20(18(4)27)11-12-22(24)25/h9,11,15,17,21-23H,8,10,12-14H2,1-7H3/b16-9+/t17-,21-,22-,23+,24-,25+/m1/s1. The molecule has 29 heavy (non-hydrogen) atoms. The molecule has 0 amide bonds. The monoisotopic (exact) mass is 402 g/mol. The highest BCUT2D eigenvalue weighted by Crippen LogP contribution is 2.62. The summed E-state index contributed by atoms with van der Waals surface area (Å²) in [6, 6.07) is 0. The molecule has 0 radical (unpaired) electrons. The molecule has 0 spiro atoms.